The first-order valence-corrected chi connectivity index (χ1v) is 6.01. The van der Waals surface area contributed by atoms with Gasteiger partial charge in [0.15, 0.2) is 0 Å². The predicted molar refractivity (Wildman–Crippen MR) is 65.4 cm³/mol. The van der Waals surface area contributed by atoms with Crippen molar-refractivity contribution in [3.63, 3.8) is 0 Å². The van der Waals surface area contributed by atoms with Crippen molar-refractivity contribution >= 4 is 0 Å². The van der Waals surface area contributed by atoms with Crippen LogP contribution < -0.4 is 0 Å². The minimum atomic E-state index is -0.368. The largest absolute Gasteiger partial charge is 0.396 e. The number of nitrogens with zero attached hydrogens (tertiary/aromatic N) is 4. The van der Waals surface area contributed by atoms with Gasteiger partial charge in [-0.25, -0.2) is 0 Å². The van der Waals surface area contributed by atoms with Crippen molar-refractivity contribution in [3.05, 3.63) is 0 Å². The molecule has 6 nitrogen and oxygen atoms in total. The van der Waals surface area contributed by atoms with Gasteiger partial charge in [0, 0.05) is 13.2 Å². The molecule has 4 atom stereocenters. The molecule has 100 valence electrons. The third kappa shape index (κ3) is 5.72. The normalized spacial score (nSPS) is 17.7. The summed E-state index contributed by atoms with van der Waals surface area (Å²) in [5, 5.41) is 43.6. The summed E-state index contributed by atoms with van der Waals surface area (Å²) < 4.78 is 0. The number of nitriles is 2. The summed E-state index contributed by atoms with van der Waals surface area (Å²) >= 11 is 0. The van der Waals surface area contributed by atoms with E-state index in [0.29, 0.717) is 12.8 Å². The van der Waals surface area contributed by atoms with Gasteiger partial charge < -0.3 is 10.2 Å². The van der Waals surface area contributed by atoms with E-state index in [1.807, 2.05) is 0 Å². The van der Waals surface area contributed by atoms with Crippen LogP contribution in [0.4, 0.5) is 0 Å². The third-order valence-corrected chi connectivity index (χ3v) is 2.77. The average molecular weight is 252 g/mol. The topological polar surface area (TPSA) is 113 Å². The lowest BCUT2D eigenvalue weighted by Gasteiger charge is -2.15. The van der Waals surface area contributed by atoms with Gasteiger partial charge in [0.1, 0.15) is 0 Å². The smallest absolute Gasteiger partial charge is 0.0885 e. The number of azo groups is 1. The predicted octanol–water partition coefficient (Wildman–Crippen LogP) is 1.26. The van der Waals surface area contributed by atoms with E-state index in [0.717, 1.165) is 0 Å². The molecule has 0 aliphatic heterocycles. The first-order valence-electron chi connectivity index (χ1n) is 6.01. The second-order valence-electron chi connectivity index (χ2n) is 4.23. The fraction of sp³-hybridized carbons (Fsp3) is 0.833. The molecule has 18 heavy (non-hydrogen) atoms. The van der Waals surface area contributed by atoms with Crippen LogP contribution in [0.1, 0.15) is 26.7 Å². The number of hydrogen-bond acceptors (Lipinski definition) is 6. The van der Waals surface area contributed by atoms with E-state index in [-0.39, 0.29) is 37.1 Å². The maximum Gasteiger partial charge on any atom is 0.0885 e. The van der Waals surface area contributed by atoms with E-state index >= 15 is 0 Å². The Bertz CT molecular complexity index is 300. The molecule has 0 amide bonds. The lowest BCUT2D eigenvalue weighted by Crippen LogP contribution is -2.19. The zero-order chi connectivity index (χ0) is 14.0. The monoisotopic (exact) mass is 252 g/mol. The van der Waals surface area contributed by atoms with Crippen LogP contribution >= 0.6 is 0 Å². The average Bonchev–Trinajstić information content (AvgIpc) is 2.40. The Kier molecular flexibility index (Phi) is 8.73. The van der Waals surface area contributed by atoms with Crippen molar-refractivity contribution in [2.75, 3.05) is 13.2 Å². The van der Waals surface area contributed by atoms with E-state index in [2.05, 4.69) is 22.4 Å². The van der Waals surface area contributed by atoms with Crippen LogP contribution in [0, 0.1) is 34.5 Å². The highest BCUT2D eigenvalue weighted by molar-refractivity contribution is 4.91. The van der Waals surface area contributed by atoms with Gasteiger partial charge in [-0.05, 0) is 26.7 Å². The molecule has 0 aromatic carbocycles. The maximum absolute atomic E-state index is 8.90. The SMILES string of the molecule is CC(C#N)C(CCO)N=NC(CCO)C(C)C#N. The lowest BCUT2D eigenvalue weighted by molar-refractivity contribution is 0.254. The number of aliphatic hydroxyl groups excluding tert-OH is 2. The van der Waals surface area contributed by atoms with Crippen molar-refractivity contribution in [2.24, 2.45) is 22.1 Å². The summed E-state index contributed by atoms with van der Waals surface area (Å²) in [7, 11) is 0. The minimum absolute atomic E-state index is 0.0613. The lowest BCUT2D eigenvalue weighted by atomic mass is 10.0. The summed E-state index contributed by atoms with van der Waals surface area (Å²) in [6.07, 6.45) is 0.732. The molecule has 0 spiro atoms. The van der Waals surface area contributed by atoms with Gasteiger partial charge in [-0.15, -0.1) is 0 Å². The quantitative estimate of drug-likeness (QED) is 0.633. The molecule has 6 heteroatoms. The molecular formula is C12H20N4O2. The Morgan fingerprint density at radius 2 is 1.22 bits per heavy atom. The molecule has 0 saturated heterocycles. The molecule has 2 N–H and O–H groups in total. The fourth-order valence-corrected chi connectivity index (χ4v) is 1.42. The van der Waals surface area contributed by atoms with E-state index in [9.17, 15) is 0 Å². The van der Waals surface area contributed by atoms with Crippen molar-refractivity contribution in [1.82, 2.24) is 0 Å². The number of hydrogen-bond donors (Lipinski definition) is 2. The van der Waals surface area contributed by atoms with Gasteiger partial charge in [0.05, 0.1) is 36.1 Å². The summed E-state index contributed by atoms with van der Waals surface area (Å²) in [4.78, 5) is 0. The first kappa shape index (κ1) is 16.5. The number of aliphatic hydroxyl groups is 2. The summed E-state index contributed by atoms with van der Waals surface area (Å²) in [6.45, 7) is 3.31. The third-order valence-electron chi connectivity index (χ3n) is 2.77. The van der Waals surface area contributed by atoms with Crippen molar-refractivity contribution < 1.29 is 10.2 Å². The second-order valence-corrected chi connectivity index (χ2v) is 4.23. The van der Waals surface area contributed by atoms with Crippen LogP contribution in [0.5, 0.6) is 0 Å². The highest BCUT2D eigenvalue weighted by Crippen LogP contribution is 2.15. The Labute approximate surface area is 108 Å². The van der Waals surface area contributed by atoms with E-state index < -0.39 is 0 Å². The molecule has 0 saturated carbocycles. The second kappa shape index (κ2) is 9.52. The van der Waals surface area contributed by atoms with E-state index in [1.165, 1.54) is 0 Å². The summed E-state index contributed by atoms with van der Waals surface area (Å²) in [5.41, 5.74) is 0. The van der Waals surface area contributed by atoms with Gasteiger partial charge in [0.25, 0.3) is 0 Å². The first-order chi connectivity index (χ1) is 8.60. The Morgan fingerprint density at radius 1 is 0.889 bits per heavy atom. The summed E-state index contributed by atoms with van der Waals surface area (Å²) in [5.74, 6) is -0.680. The molecule has 0 heterocycles. The Balaban J connectivity index is 4.70. The highest BCUT2D eigenvalue weighted by Gasteiger charge is 2.19. The molecule has 4 unspecified atom stereocenters. The van der Waals surface area contributed by atoms with Gasteiger partial charge >= 0.3 is 0 Å². The summed E-state index contributed by atoms with van der Waals surface area (Å²) in [6, 6.07) is 3.40. The van der Waals surface area contributed by atoms with Crippen molar-refractivity contribution in [2.45, 2.75) is 38.8 Å². The number of rotatable bonds is 8. The fourth-order valence-electron chi connectivity index (χ4n) is 1.42. The Hall–Kier alpha value is -1.50. The van der Waals surface area contributed by atoms with E-state index in [4.69, 9.17) is 20.7 Å². The zero-order valence-electron chi connectivity index (χ0n) is 10.8. The van der Waals surface area contributed by atoms with Crippen molar-refractivity contribution in [1.29, 1.82) is 10.5 Å². The van der Waals surface area contributed by atoms with Gasteiger partial charge in [-0.1, -0.05) is 0 Å². The van der Waals surface area contributed by atoms with Crippen LogP contribution in [-0.4, -0.2) is 35.5 Å². The van der Waals surface area contributed by atoms with Crippen LogP contribution in [0.3, 0.4) is 0 Å². The molecule has 0 aromatic heterocycles. The van der Waals surface area contributed by atoms with Gasteiger partial charge in [-0.2, -0.15) is 20.8 Å². The molecule has 0 aliphatic carbocycles. The van der Waals surface area contributed by atoms with Gasteiger partial charge in [0.2, 0.25) is 0 Å². The van der Waals surface area contributed by atoms with E-state index in [1.54, 1.807) is 13.8 Å². The maximum atomic E-state index is 8.90. The molecule has 0 rings (SSSR count). The molecule has 0 bridgehead atoms. The van der Waals surface area contributed by atoms with Crippen LogP contribution in [0.15, 0.2) is 10.2 Å². The van der Waals surface area contributed by atoms with Crippen molar-refractivity contribution in [3.8, 4) is 12.1 Å². The highest BCUT2D eigenvalue weighted by atomic mass is 16.3. The minimum Gasteiger partial charge on any atom is -0.396 e. The Morgan fingerprint density at radius 3 is 1.44 bits per heavy atom. The van der Waals surface area contributed by atoms with Gasteiger partial charge in [-0.3, -0.25) is 0 Å². The molecule has 0 radical (unpaired) electrons. The molecular weight excluding hydrogens is 232 g/mol. The molecule has 0 aliphatic rings. The standard InChI is InChI=1S/C12H20N4O2/c1-9(7-13)11(3-5-17)15-16-12(4-6-18)10(2)8-14/h9-12,17-18H,3-6H2,1-2H3. The van der Waals surface area contributed by atoms with Crippen LogP contribution in [0.2, 0.25) is 0 Å². The molecule has 0 aromatic rings. The van der Waals surface area contributed by atoms with Crippen LogP contribution in [-0.2, 0) is 0 Å². The zero-order valence-corrected chi connectivity index (χ0v) is 10.8. The van der Waals surface area contributed by atoms with Crippen LogP contribution in [0.25, 0.3) is 0 Å². The molecule has 0 fully saturated rings.